The molecule has 0 saturated carbocycles. The van der Waals surface area contributed by atoms with Crippen LogP contribution in [0.25, 0.3) is 10.9 Å². The molecule has 2 N–H and O–H groups in total. The van der Waals surface area contributed by atoms with E-state index in [-0.39, 0.29) is 11.7 Å². The first-order chi connectivity index (χ1) is 11.9. The number of amides is 1. The molecule has 8 heteroatoms. The van der Waals surface area contributed by atoms with Crippen molar-refractivity contribution in [1.29, 1.82) is 0 Å². The Morgan fingerprint density at radius 3 is 2.84 bits per heavy atom. The van der Waals surface area contributed by atoms with Crippen LogP contribution < -0.4 is 10.1 Å². The summed E-state index contributed by atoms with van der Waals surface area (Å²) in [6.07, 6.45) is 0. The van der Waals surface area contributed by atoms with Gasteiger partial charge in [-0.2, -0.15) is 5.10 Å². The number of H-pyrrole nitrogens is 1. The van der Waals surface area contributed by atoms with Crippen LogP contribution in [0.3, 0.4) is 0 Å². The zero-order valence-electron chi connectivity index (χ0n) is 14.7. The van der Waals surface area contributed by atoms with Crippen LogP contribution >= 0.6 is 0 Å². The van der Waals surface area contributed by atoms with Crippen molar-refractivity contribution in [2.75, 3.05) is 32.6 Å². The molecule has 1 amide bonds. The molecule has 0 spiro atoms. The fourth-order valence-corrected chi connectivity index (χ4v) is 2.44. The number of aromatic amines is 1. The number of benzene rings is 1. The van der Waals surface area contributed by atoms with Crippen molar-refractivity contribution in [3.8, 4) is 5.75 Å². The number of rotatable bonds is 6. The highest BCUT2D eigenvalue weighted by Gasteiger charge is 2.18. The second-order valence-electron chi connectivity index (χ2n) is 6.03. The van der Waals surface area contributed by atoms with E-state index in [9.17, 15) is 4.79 Å². The summed E-state index contributed by atoms with van der Waals surface area (Å²) in [7, 11) is 3.99. The molecule has 2 aromatic heterocycles. The summed E-state index contributed by atoms with van der Waals surface area (Å²) in [4.78, 5) is 18.5. The fraction of sp³-hybridized carbons (Fsp3) is 0.353. The van der Waals surface area contributed by atoms with Crippen LogP contribution in [-0.4, -0.2) is 53.2 Å². The lowest BCUT2D eigenvalue weighted by molar-refractivity contribution is 0.0994. The molecule has 0 unspecified atom stereocenters. The molecule has 3 rings (SSSR count). The molecule has 0 atom stereocenters. The average molecular weight is 343 g/mol. The molecule has 3 aromatic rings. The highest BCUT2D eigenvalue weighted by molar-refractivity contribution is 6.06. The predicted octanol–water partition coefficient (Wildman–Crippen LogP) is 2.36. The zero-order valence-corrected chi connectivity index (χ0v) is 14.7. The van der Waals surface area contributed by atoms with Gasteiger partial charge >= 0.3 is 0 Å². The van der Waals surface area contributed by atoms with E-state index in [1.165, 1.54) is 0 Å². The fourth-order valence-electron chi connectivity index (χ4n) is 2.44. The van der Waals surface area contributed by atoms with E-state index in [1.807, 2.05) is 32.3 Å². The number of anilines is 1. The third-order valence-corrected chi connectivity index (χ3v) is 3.68. The smallest absolute Gasteiger partial charge is 0.294 e. The van der Waals surface area contributed by atoms with Crippen molar-refractivity contribution in [2.45, 2.75) is 13.8 Å². The van der Waals surface area contributed by atoms with Crippen LogP contribution in [0.2, 0.25) is 0 Å². The minimum atomic E-state index is -0.377. The minimum absolute atomic E-state index is 0.192. The van der Waals surface area contributed by atoms with Crippen molar-refractivity contribution in [3.05, 3.63) is 35.5 Å². The Labute approximate surface area is 145 Å². The number of nitrogens with zero attached hydrogens (tertiary/aromatic N) is 3. The largest absolute Gasteiger partial charge is 0.492 e. The summed E-state index contributed by atoms with van der Waals surface area (Å²) >= 11 is 0. The summed E-state index contributed by atoms with van der Waals surface area (Å²) in [6, 6.07) is 5.57. The second-order valence-corrected chi connectivity index (χ2v) is 6.03. The summed E-state index contributed by atoms with van der Waals surface area (Å²) in [6.45, 7) is 4.86. The van der Waals surface area contributed by atoms with Gasteiger partial charge in [-0.15, -0.1) is 0 Å². The molecule has 25 heavy (non-hydrogen) atoms. The van der Waals surface area contributed by atoms with Crippen molar-refractivity contribution >= 4 is 22.6 Å². The number of oxazole rings is 1. The molecule has 0 aliphatic rings. The average Bonchev–Trinajstić information content (AvgIpc) is 3.09. The van der Waals surface area contributed by atoms with Gasteiger partial charge in [0, 0.05) is 24.9 Å². The number of ether oxygens (including phenoxy) is 1. The molecular weight excluding hydrogens is 322 g/mol. The van der Waals surface area contributed by atoms with Gasteiger partial charge in [0.1, 0.15) is 12.4 Å². The van der Waals surface area contributed by atoms with Crippen LogP contribution in [0, 0.1) is 13.8 Å². The highest BCUT2D eigenvalue weighted by Crippen LogP contribution is 2.25. The van der Waals surface area contributed by atoms with Gasteiger partial charge in [-0.05, 0) is 33.2 Å². The topological polar surface area (TPSA) is 96.3 Å². The lowest BCUT2D eigenvalue weighted by atomic mass is 10.2. The Morgan fingerprint density at radius 2 is 2.16 bits per heavy atom. The van der Waals surface area contributed by atoms with E-state index in [0.717, 1.165) is 23.2 Å². The maximum atomic E-state index is 12.3. The molecule has 0 fully saturated rings. The molecule has 0 aliphatic heterocycles. The molecule has 0 saturated heterocycles. The van der Waals surface area contributed by atoms with Crippen molar-refractivity contribution in [2.24, 2.45) is 0 Å². The first kappa shape index (κ1) is 17.0. The molecule has 0 radical (unpaired) electrons. The number of aromatic nitrogens is 3. The Balaban J connectivity index is 1.74. The van der Waals surface area contributed by atoms with Gasteiger partial charge in [0.15, 0.2) is 11.7 Å². The number of aryl methyl sites for hydroxylation is 2. The number of hydrogen-bond donors (Lipinski definition) is 2. The predicted molar refractivity (Wildman–Crippen MR) is 94.1 cm³/mol. The molecule has 2 heterocycles. The number of hydrogen-bond acceptors (Lipinski definition) is 6. The standard InChI is InChI=1S/C17H21N5O3/c1-10-15(25-11(2)18-10)17(23)19-16-13-6-5-12(9-14(13)20-21-16)24-8-7-22(3)4/h5-6,9H,7-8H2,1-4H3,(H2,19,20,21,23). The van der Waals surface area contributed by atoms with Crippen LogP contribution in [-0.2, 0) is 0 Å². The molecule has 8 nitrogen and oxygen atoms in total. The Bertz CT molecular complexity index is 897. The molecule has 1 aromatic carbocycles. The van der Waals surface area contributed by atoms with E-state index in [0.29, 0.717) is 24.0 Å². The van der Waals surface area contributed by atoms with Crippen LogP contribution in [0.1, 0.15) is 22.1 Å². The molecular formula is C17H21N5O3. The Hall–Kier alpha value is -2.87. The zero-order chi connectivity index (χ0) is 18.0. The summed E-state index contributed by atoms with van der Waals surface area (Å²) in [5.74, 6) is 1.45. The van der Waals surface area contributed by atoms with Crippen molar-refractivity contribution in [3.63, 3.8) is 0 Å². The monoisotopic (exact) mass is 343 g/mol. The number of likely N-dealkylation sites (N-methyl/N-ethyl adjacent to an activating group) is 1. The van der Waals surface area contributed by atoms with Gasteiger partial charge in [-0.1, -0.05) is 0 Å². The van der Waals surface area contributed by atoms with Crippen LogP contribution in [0.15, 0.2) is 22.6 Å². The lowest BCUT2D eigenvalue weighted by Gasteiger charge is -2.10. The van der Waals surface area contributed by atoms with E-state index in [2.05, 4.69) is 25.4 Å². The van der Waals surface area contributed by atoms with Gasteiger partial charge < -0.3 is 19.4 Å². The third-order valence-electron chi connectivity index (χ3n) is 3.68. The second kappa shape index (κ2) is 6.94. The van der Waals surface area contributed by atoms with Crippen molar-refractivity contribution in [1.82, 2.24) is 20.1 Å². The van der Waals surface area contributed by atoms with Crippen molar-refractivity contribution < 1.29 is 13.9 Å². The van der Waals surface area contributed by atoms with Gasteiger partial charge in [0.05, 0.1) is 11.2 Å². The summed E-state index contributed by atoms with van der Waals surface area (Å²) < 4.78 is 11.0. The van der Waals surface area contributed by atoms with Gasteiger partial charge in [-0.3, -0.25) is 9.89 Å². The van der Waals surface area contributed by atoms with Crippen LogP contribution in [0.4, 0.5) is 5.82 Å². The van der Waals surface area contributed by atoms with Gasteiger partial charge in [0.2, 0.25) is 5.76 Å². The Morgan fingerprint density at radius 1 is 1.36 bits per heavy atom. The summed E-state index contributed by atoms with van der Waals surface area (Å²) in [5.41, 5.74) is 1.33. The third kappa shape index (κ3) is 3.80. The first-order valence-corrected chi connectivity index (χ1v) is 7.95. The van der Waals surface area contributed by atoms with E-state index in [1.54, 1.807) is 13.8 Å². The lowest BCUT2D eigenvalue weighted by Crippen LogP contribution is -2.19. The molecule has 132 valence electrons. The van der Waals surface area contributed by atoms with Gasteiger partial charge in [-0.25, -0.2) is 4.98 Å². The minimum Gasteiger partial charge on any atom is -0.492 e. The number of nitrogens with one attached hydrogen (secondary N) is 2. The number of carbonyl (C=O) groups excluding carboxylic acids is 1. The quantitative estimate of drug-likeness (QED) is 0.713. The van der Waals surface area contributed by atoms with Crippen LogP contribution in [0.5, 0.6) is 5.75 Å². The summed E-state index contributed by atoms with van der Waals surface area (Å²) in [5, 5.41) is 10.6. The Kier molecular flexibility index (Phi) is 4.71. The first-order valence-electron chi connectivity index (χ1n) is 7.95. The highest BCUT2D eigenvalue weighted by atomic mass is 16.5. The van der Waals surface area contributed by atoms with Gasteiger partial charge in [0.25, 0.3) is 5.91 Å². The molecule has 0 aliphatic carbocycles. The maximum Gasteiger partial charge on any atom is 0.294 e. The van der Waals surface area contributed by atoms with E-state index >= 15 is 0 Å². The van der Waals surface area contributed by atoms with E-state index < -0.39 is 0 Å². The van der Waals surface area contributed by atoms with E-state index in [4.69, 9.17) is 9.15 Å². The number of carbonyl (C=O) groups is 1. The SMILES string of the molecule is Cc1nc(C)c(C(=O)Nc2n[nH]c3cc(OCCN(C)C)ccc23)o1. The normalized spacial score (nSPS) is 11.2. The maximum absolute atomic E-state index is 12.3. The molecule has 0 bridgehead atoms. The number of fused-ring (bicyclic) bond motifs is 1.